The fourth-order valence-corrected chi connectivity index (χ4v) is 0. The molecule has 0 amide bonds. The quantitative estimate of drug-likeness (QED) is 0.445. The van der Waals surface area contributed by atoms with Crippen molar-refractivity contribution in [3.63, 3.8) is 0 Å². The fraction of sp³-hybridized carbons (Fsp3) is 1.00. The molecule has 0 unspecified atom stereocenters. The van der Waals surface area contributed by atoms with E-state index in [1.54, 1.807) is 0 Å². The first-order valence-corrected chi connectivity index (χ1v) is 2.52. The Bertz CT molecular complexity index is 9.61. The second-order valence-corrected chi connectivity index (χ2v) is 0.500. The van der Waals surface area contributed by atoms with E-state index in [-0.39, 0.29) is 0 Å². The third kappa shape index (κ3) is 86.4. The molecule has 0 saturated heterocycles. The van der Waals surface area contributed by atoms with Crippen LogP contribution in [0.2, 0.25) is 0 Å². The van der Waals surface area contributed by atoms with Crippen molar-refractivity contribution in [1.82, 2.24) is 5.32 Å². The number of hydrogen-bond acceptors (Lipinski definition) is 2. The Balaban J connectivity index is 0. The Morgan fingerprint density at radius 1 is 1.40 bits per heavy atom. The zero-order valence-electron chi connectivity index (χ0n) is 3.33. The molecule has 0 rings (SSSR count). The highest BCUT2D eigenvalue weighted by Crippen LogP contribution is 1.67. The summed E-state index contributed by atoms with van der Waals surface area (Å²) in [7, 11) is 8.08. The molecule has 0 aromatic carbocycles. The summed E-state index contributed by atoms with van der Waals surface area (Å²) >= 11 is 3.00. The van der Waals surface area contributed by atoms with Crippen LogP contribution < -0.4 is 5.32 Å². The van der Waals surface area contributed by atoms with Gasteiger partial charge in [-0.05, 0) is 24.8 Å². The van der Waals surface area contributed by atoms with Crippen LogP contribution in [0.15, 0.2) is 0 Å². The number of rotatable bonds is 0. The highest BCUT2D eigenvalue weighted by atomic mass is 35.7. The summed E-state index contributed by atoms with van der Waals surface area (Å²) in [6.07, 6.45) is 0. The lowest BCUT2D eigenvalue weighted by molar-refractivity contribution is 1.02. The van der Waals surface area contributed by atoms with Crippen molar-refractivity contribution < 1.29 is 0 Å². The molecule has 3 heteroatoms. The predicted molar refractivity (Wildman–Crippen MR) is 29.8 cm³/mol. The largest absolute Gasteiger partial charge is 0.323 e. The second-order valence-electron chi connectivity index (χ2n) is 0.500. The highest BCUT2D eigenvalue weighted by Gasteiger charge is 1.25. The van der Waals surface area contributed by atoms with Crippen LogP contribution >= 0.6 is 22.5 Å². The van der Waals surface area contributed by atoms with E-state index in [1.165, 1.54) is 0 Å². The zero-order valence-corrected chi connectivity index (χ0v) is 4.98. The van der Waals surface area contributed by atoms with E-state index in [1.807, 2.05) is 14.1 Å². The average Bonchev–Trinajstić information content (AvgIpc) is 1.46. The van der Waals surface area contributed by atoms with Crippen LogP contribution in [0.25, 0.3) is 0 Å². The molecule has 0 aliphatic rings. The monoisotopic (exact) mass is 113 g/mol. The van der Waals surface area contributed by atoms with Crippen molar-refractivity contribution in [2.75, 3.05) is 14.1 Å². The van der Waals surface area contributed by atoms with Crippen molar-refractivity contribution in [3.05, 3.63) is 0 Å². The molecule has 0 bridgehead atoms. The van der Waals surface area contributed by atoms with E-state index in [2.05, 4.69) is 27.8 Å². The molecule has 0 aromatic rings. The van der Waals surface area contributed by atoms with Gasteiger partial charge in [0, 0.05) is 0 Å². The van der Waals surface area contributed by atoms with Gasteiger partial charge in [0.2, 0.25) is 0 Å². The van der Waals surface area contributed by atoms with Crippen molar-refractivity contribution >= 4 is 22.5 Å². The number of nitrogens with one attached hydrogen (secondary N) is 1. The summed E-state index contributed by atoms with van der Waals surface area (Å²) in [5.74, 6) is 0. The van der Waals surface area contributed by atoms with Crippen molar-refractivity contribution in [2.45, 2.75) is 0 Å². The van der Waals surface area contributed by atoms with Gasteiger partial charge in [0.1, 0.15) is 0 Å². The van der Waals surface area contributed by atoms with E-state index in [4.69, 9.17) is 0 Å². The first-order valence-electron chi connectivity index (χ1n) is 1.17. The fourth-order valence-electron chi connectivity index (χ4n) is 0. The molecule has 0 aliphatic carbocycles. The summed E-state index contributed by atoms with van der Waals surface area (Å²) in [6, 6.07) is 0. The van der Waals surface area contributed by atoms with Gasteiger partial charge in [-0.25, -0.2) is 0 Å². The highest BCUT2D eigenvalue weighted by molar-refractivity contribution is 8.05. The van der Waals surface area contributed by atoms with E-state index >= 15 is 0 Å². The molecule has 1 N–H and O–H groups in total. The van der Waals surface area contributed by atoms with Crippen molar-refractivity contribution in [3.8, 4) is 0 Å². The third-order valence-electron chi connectivity index (χ3n) is 0. The third-order valence-corrected chi connectivity index (χ3v) is 0. The molecule has 5 heavy (non-hydrogen) atoms. The molecular formula is C2H8ClNS. The lowest BCUT2D eigenvalue weighted by Crippen LogP contribution is -1.89. The normalized spacial score (nSPS) is 4.80. The number of halogens is 1. The van der Waals surface area contributed by atoms with Crippen LogP contribution in [0.5, 0.6) is 0 Å². The Labute approximate surface area is 42.6 Å². The van der Waals surface area contributed by atoms with Gasteiger partial charge in [-0.1, -0.05) is 11.8 Å². The van der Waals surface area contributed by atoms with Crippen LogP contribution in [0, 0.1) is 0 Å². The molecule has 0 radical (unpaired) electrons. The first kappa shape index (κ1) is 9.14. The van der Waals surface area contributed by atoms with Gasteiger partial charge in [0.25, 0.3) is 0 Å². The molecule has 1 nitrogen and oxygen atoms in total. The molecule has 34 valence electrons. The molecule has 0 aliphatic heterocycles. The van der Waals surface area contributed by atoms with Gasteiger partial charge in [-0.15, -0.1) is 0 Å². The van der Waals surface area contributed by atoms with Gasteiger partial charge < -0.3 is 5.32 Å². The zero-order chi connectivity index (χ0) is 4.71. The number of thiol groups is 1. The van der Waals surface area contributed by atoms with Gasteiger partial charge in [-0.2, -0.15) is 0 Å². The van der Waals surface area contributed by atoms with E-state index in [9.17, 15) is 0 Å². The van der Waals surface area contributed by atoms with Crippen molar-refractivity contribution in [1.29, 1.82) is 0 Å². The summed E-state index contributed by atoms with van der Waals surface area (Å²) in [6.45, 7) is 0. The standard InChI is InChI=1S/C2H7N.ClHS/c1-3-2;1-2/h3H,1-2H3;2H. The first-order chi connectivity index (χ1) is 2.41. The second kappa shape index (κ2) is 23.3. The molecule has 0 aromatic heterocycles. The van der Waals surface area contributed by atoms with E-state index < -0.39 is 0 Å². The van der Waals surface area contributed by atoms with Crippen LogP contribution in [0.4, 0.5) is 0 Å². The minimum atomic E-state index is 1.88. The molecular weight excluding hydrogens is 106 g/mol. The SMILES string of the molecule is CNC.SCl. The van der Waals surface area contributed by atoms with Gasteiger partial charge in [0.05, 0.1) is 0 Å². The molecule has 0 heterocycles. The Morgan fingerprint density at radius 3 is 1.40 bits per heavy atom. The minimum absolute atomic E-state index is 1.88. The van der Waals surface area contributed by atoms with E-state index in [0.29, 0.717) is 0 Å². The van der Waals surface area contributed by atoms with Crippen molar-refractivity contribution in [2.24, 2.45) is 0 Å². The van der Waals surface area contributed by atoms with E-state index in [0.717, 1.165) is 0 Å². The number of hydrogen-bond donors (Lipinski definition) is 2. The smallest absolute Gasteiger partial charge is 0.0167 e. The predicted octanol–water partition coefficient (Wildman–Crippen LogP) is 0.906. The minimum Gasteiger partial charge on any atom is -0.323 e. The molecule has 0 atom stereocenters. The van der Waals surface area contributed by atoms with Crippen LogP contribution in [-0.4, -0.2) is 14.1 Å². The van der Waals surface area contributed by atoms with Gasteiger partial charge in [-0.3, -0.25) is 0 Å². The maximum atomic E-state index is 4.33. The summed E-state index contributed by atoms with van der Waals surface area (Å²) in [5, 5.41) is 2.75. The summed E-state index contributed by atoms with van der Waals surface area (Å²) in [5.41, 5.74) is 0. The summed E-state index contributed by atoms with van der Waals surface area (Å²) < 4.78 is 0. The maximum absolute atomic E-state index is 4.33. The topological polar surface area (TPSA) is 12.0 Å². The summed E-state index contributed by atoms with van der Waals surface area (Å²) in [4.78, 5) is 0. The Morgan fingerprint density at radius 2 is 1.40 bits per heavy atom. The lowest BCUT2D eigenvalue weighted by Gasteiger charge is -1.59. The molecule has 0 saturated carbocycles. The average molecular weight is 114 g/mol. The van der Waals surface area contributed by atoms with Crippen LogP contribution in [0.1, 0.15) is 0 Å². The maximum Gasteiger partial charge on any atom is -0.0167 e. The van der Waals surface area contributed by atoms with Crippen LogP contribution in [-0.2, 0) is 0 Å². The van der Waals surface area contributed by atoms with Gasteiger partial charge in [0.15, 0.2) is 0 Å². The Kier molecular flexibility index (Phi) is 42.6. The molecule has 0 fully saturated rings. The van der Waals surface area contributed by atoms with Gasteiger partial charge >= 0.3 is 0 Å². The lowest BCUT2D eigenvalue weighted by atomic mass is 11.3. The molecule has 0 spiro atoms. The Hall–Kier alpha value is 0.600. The van der Waals surface area contributed by atoms with Crippen LogP contribution in [0.3, 0.4) is 0 Å².